The van der Waals surface area contributed by atoms with Crippen LogP contribution >= 0.6 is 12.6 Å². The monoisotopic (exact) mass is 299 g/mol. The summed E-state index contributed by atoms with van der Waals surface area (Å²) in [6.45, 7) is 0.482. The van der Waals surface area contributed by atoms with Crippen LogP contribution in [-0.2, 0) is 0 Å². The summed E-state index contributed by atoms with van der Waals surface area (Å²) in [6, 6.07) is 11.2. The Kier molecular flexibility index (Phi) is 3.97. The lowest BCUT2D eigenvalue weighted by molar-refractivity contribution is 0.0608. The van der Waals surface area contributed by atoms with Crippen molar-refractivity contribution in [3.05, 3.63) is 47.5 Å². The second-order valence-electron chi connectivity index (χ2n) is 5.26. The second-order valence-corrected chi connectivity index (χ2v) is 5.70. The van der Waals surface area contributed by atoms with Gasteiger partial charge in [0.15, 0.2) is 0 Å². The van der Waals surface area contributed by atoms with Crippen molar-refractivity contribution in [2.45, 2.75) is 19.3 Å². The zero-order valence-electron chi connectivity index (χ0n) is 11.7. The number of hydrogen-bond acceptors (Lipinski definition) is 3. The predicted molar refractivity (Wildman–Crippen MR) is 87.0 cm³/mol. The number of imide groups is 1. The van der Waals surface area contributed by atoms with Crippen LogP contribution in [0, 0.1) is 0 Å². The average Bonchev–Trinajstić information content (AvgIpc) is 2.51. The third kappa shape index (κ3) is 2.44. The number of unbranched alkanes of at least 4 members (excludes halogenated alkanes) is 2. The number of carbonyl (C=O) groups is 2. The molecule has 3 rings (SSSR count). The number of amides is 2. The van der Waals surface area contributed by atoms with Gasteiger partial charge < -0.3 is 0 Å². The van der Waals surface area contributed by atoms with Crippen LogP contribution in [0.15, 0.2) is 36.4 Å². The molecule has 2 aromatic carbocycles. The van der Waals surface area contributed by atoms with E-state index in [1.165, 1.54) is 4.90 Å². The predicted octanol–water partition coefficient (Wildman–Crippen LogP) is 3.54. The minimum Gasteiger partial charge on any atom is -0.274 e. The molecule has 3 nitrogen and oxygen atoms in total. The summed E-state index contributed by atoms with van der Waals surface area (Å²) in [5.74, 6) is 0.495. The van der Waals surface area contributed by atoms with Gasteiger partial charge in [0.1, 0.15) is 0 Å². The zero-order chi connectivity index (χ0) is 14.8. The molecule has 4 heteroatoms. The van der Waals surface area contributed by atoms with E-state index in [0.717, 1.165) is 35.8 Å². The summed E-state index contributed by atoms with van der Waals surface area (Å²) < 4.78 is 0. The lowest BCUT2D eigenvalue weighted by atomic mass is 9.94. The molecule has 0 spiro atoms. The van der Waals surface area contributed by atoms with E-state index in [0.29, 0.717) is 17.7 Å². The molecule has 1 aliphatic rings. The molecule has 1 aliphatic heterocycles. The van der Waals surface area contributed by atoms with Crippen LogP contribution in [0.3, 0.4) is 0 Å². The quantitative estimate of drug-likeness (QED) is 0.521. The SMILES string of the molecule is O=C1c2cccc3cccc(c23)C(=O)N1CCCCCS. The molecular formula is C17H17NO2S. The third-order valence-corrected chi connectivity index (χ3v) is 4.21. The van der Waals surface area contributed by atoms with Gasteiger partial charge in [-0.25, -0.2) is 0 Å². The minimum atomic E-state index is -0.171. The molecular weight excluding hydrogens is 282 g/mol. The van der Waals surface area contributed by atoms with E-state index < -0.39 is 0 Å². The van der Waals surface area contributed by atoms with Crippen molar-refractivity contribution in [2.24, 2.45) is 0 Å². The first-order valence-electron chi connectivity index (χ1n) is 7.23. The lowest BCUT2D eigenvalue weighted by Gasteiger charge is -2.27. The van der Waals surface area contributed by atoms with Crippen LogP contribution < -0.4 is 0 Å². The normalized spacial score (nSPS) is 14.0. The highest BCUT2D eigenvalue weighted by Gasteiger charge is 2.31. The van der Waals surface area contributed by atoms with Crippen LogP contribution in [0.5, 0.6) is 0 Å². The maximum atomic E-state index is 12.6. The number of benzene rings is 2. The largest absolute Gasteiger partial charge is 0.274 e. The number of thiol groups is 1. The van der Waals surface area contributed by atoms with Crippen molar-refractivity contribution < 1.29 is 9.59 Å². The summed E-state index contributed by atoms with van der Waals surface area (Å²) >= 11 is 4.18. The van der Waals surface area contributed by atoms with Gasteiger partial charge in [-0.3, -0.25) is 14.5 Å². The van der Waals surface area contributed by atoms with Gasteiger partial charge in [0.2, 0.25) is 0 Å². The van der Waals surface area contributed by atoms with E-state index in [9.17, 15) is 9.59 Å². The molecule has 0 N–H and O–H groups in total. The highest BCUT2D eigenvalue weighted by Crippen LogP contribution is 2.30. The smallest absolute Gasteiger partial charge is 0.261 e. The fourth-order valence-electron chi connectivity index (χ4n) is 2.84. The molecule has 2 amide bonds. The van der Waals surface area contributed by atoms with Gasteiger partial charge in [-0.15, -0.1) is 0 Å². The van der Waals surface area contributed by atoms with Gasteiger partial charge in [-0.1, -0.05) is 30.7 Å². The van der Waals surface area contributed by atoms with E-state index in [2.05, 4.69) is 12.6 Å². The van der Waals surface area contributed by atoms with Crippen molar-refractivity contribution in [1.29, 1.82) is 0 Å². The fraction of sp³-hybridized carbons (Fsp3) is 0.294. The van der Waals surface area contributed by atoms with E-state index in [1.54, 1.807) is 12.1 Å². The molecule has 0 aromatic heterocycles. The van der Waals surface area contributed by atoms with Gasteiger partial charge in [0, 0.05) is 23.1 Å². The Morgan fingerprint density at radius 2 is 1.48 bits per heavy atom. The average molecular weight is 299 g/mol. The Bertz CT molecular complexity index is 660. The minimum absolute atomic E-state index is 0.171. The van der Waals surface area contributed by atoms with Crippen molar-refractivity contribution >= 4 is 35.2 Å². The van der Waals surface area contributed by atoms with Crippen LogP contribution in [0.2, 0.25) is 0 Å². The number of carbonyl (C=O) groups excluding carboxylic acids is 2. The first-order chi connectivity index (χ1) is 10.2. The van der Waals surface area contributed by atoms with Gasteiger partial charge in [0.25, 0.3) is 11.8 Å². The highest BCUT2D eigenvalue weighted by atomic mass is 32.1. The molecule has 0 atom stereocenters. The molecule has 1 heterocycles. The van der Waals surface area contributed by atoms with Crippen molar-refractivity contribution in [3.8, 4) is 0 Å². The summed E-state index contributed by atoms with van der Waals surface area (Å²) in [7, 11) is 0. The molecule has 0 aliphatic carbocycles. The Labute approximate surface area is 129 Å². The molecule has 0 saturated heterocycles. The fourth-order valence-corrected chi connectivity index (χ4v) is 3.07. The van der Waals surface area contributed by atoms with E-state index in [1.807, 2.05) is 24.3 Å². The van der Waals surface area contributed by atoms with Crippen molar-refractivity contribution in [2.75, 3.05) is 12.3 Å². The van der Waals surface area contributed by atoms with E-state index in [-0.39, 0.29) is 11.8 Å². The maximum absolute atomic E-state index is 12.6. The molecule has 0 fully saturated rings. The van der Waals surface area contributed by atoms with E-state index >= 15 is 0 Å². The van der Waals surface area contributed by atoms with Gasteiger partial charge in [0.05, 0.1) is 0 Å². The number of rotatable bonds is 5. The van der Waals surface area contributed by atoms with Gasteiger partial charge >= 0.3 is 0 Å². The van der Waals surface area contributed by atoms with Gasteiger partial charge in [-0.05, 0) is 36.1 Å². The third-order valence-electron chi connectivity index (χ3n) is 3.90. The van der Waals surface area contributed by atoms with E-state index in [4.69, 9.17) is 0 Å². The Morgan fingerprint density at radius 1 is 0.857 bits per heavy atom. The van der Waals surface area contributed by atoms with Crippen LogP contribution in [0.1, 0.15) is 40.0 Å². The Balaban J connectivity index is 1.95. The highest BCUT2D eigenvalue weighted by molar-refractivity contribution is 7.80. The summed E-state index contributed by atoms with van der Waals surface area (Å²) in [6.07, 6.45) is 2.81. The summed E-state index contributed by atoms with van der Waals surface area (Å²) in [5.41, 5.74) is 1.27. The first-order valence-corrected chi connectivity index (χ1v) is 7.86. The molecule has 0 unspecified atom stereocenters. The Hall–Kier alpha value is -1.81. The van der Waals surface area contributed by atoms with Crippen LogP contribution in [0.25, 0.3) is 10.8 Å². The number of nitrogens with zero attached hydrogens (tertiary/aromatic N) is 1. The molecule has 0 saturated carbocycles. The molecule has 0 bridgehead atoms. The molecule has 108 valence electrons. The Morgan fingerprint density at radius 3 is 2.05 bits per heavy atom. The van der Waals surface area contributed by atoms with Crippen molar-refractivity contribution in [3.63, 3.8) is 0 Å². The molecule has 0 radical (unpaired) electrons. The maximum Gasteiger partial charge on any atom is 0.261 e. The van der Waals surface area contributed by atoms with Crippen LogP contribution in [-0.4, -0.2) is 29.0 Å². The summed E-state index contributed by atoms with van der Waals surface area (Å²) in [5, 5.41) is 1.74. The number of hydrogen-bond donors (Lipinski definition) is 1. The lowest BCUT2D eigenvalue weighted by Crippen LogP contribution is -2.40. The standard InChI is InChI=1S/C17H17NO2S/c19-16-13-8-4-6-12-7-5-9-14(15(12)13)17(20)18(16)10-2-1-3-11-21/h4-9,21H,1-3,10-11H2. The molecule has 2 aromatic rings. The first kappa shape index (κ1) is 14.1. The van der Waals surface area contributed by atoms with Gasteiger partial charge in [-0.2, -0.15) is 12.6 Å². The summed E-state index contributed by atoms with van der Waals surface area (Å²) in [4.78, 5) is 26.5. The van der Waals surface area contributed by atoms with Crippen molar-refractivity contribution in [1.82, 2.24) is 4.90 Å². The van der Waals surface area contributed by atoms with Crippen LogP contribution in [0.4, 0.5) is 0 Å². The topological polar surface area (TPSA) is 37.4 Å². The zero-order valence-corrected chi connectivity index (χ0v) is 12.6. The second kappa shape index (κ2) is 5.90. The molecule has 21 heavy (non-hydrogen) atoms.